The van der Waals surface area contributed by atoms with Crippen molar-refractivity contribution < 1.29 is 4.74 Å². The Bertz CT molecular complexity index is 984. The van der Waals surface area contributed by atoms with Crippen molar-refractivity contribution >= 4 is 33.9 Å². The summed E-state index contributed by atoms with van der Waals surface area (Å²) in [6.07, 6.45) is 3.29. The summed E-state index contributed by atoms with van der Waals surface area (Å²) in [4.78, 5) is 17.0. The van der Waals surface area contributed by atoms with Gasteiger partial charge in [0.25, 0.3) is 5.56 Å². The number of aromatic nitrogens is 3. The van der Waals surface area contributed by atoms with Crippen LogP contribution in [0.25, 0.3) is 10.3 Å². The van der Waals surface area contributed by atoms with E-state index in [9.17, 15) is 4.79 Å². The number of ether oxygens (including phenoxy) is 1. The summed E-state index contributed by atoms with van der Waals surface area (Å²) >= 11 is 6.59. The minimum Gasteiger partial charge on any atom is -0.492 e. The normalized spacial score (nSPS) is 10.9. The maximum atomic E-state index is 12.6. The van der Waals surface area contributed by atoms with Crippen molar-refractivity contribution in [2.45, 2.75) is 20.0 Å². The zero-order chi connectivity index (χ0) is 17.1. The lowest BCUT2D eigenvalue weighted by molar-refractivity contribution is 0.296. The molecule has 0 N–H and O–H groups in total. The molecular formula is C17H17N3O2S2. The van der Waals surface area contributed by atoms with Crippen LogP contribution in [-0.2, 0) is 13.1 Å². The molecule has 0 radical (unpaired) electrons. The van der Waals surface area contributed by atoms with Gasteiger partial charge in [0.2, 0.25) is 0 Å². The molecule has 0 amide bonds. The number of thiazole rings is 1. The number of hydrogen-bond acceptors (Lipinski definition) is 5. The quantitative estimate of drug-likeness (QED) is 0.499. The number of hydrogen-bond donors (Lipinski definition) is 0. The molecule has 2 aromatic heterocycles. The van der Waals surface area contributed by atoms with E-state index in [1.807, 2.05) is 35.8 Å². The number of allylic oxidation sites excluding steroid dienone is 1. The first-order valence-electron chi connectivity index (χ1n) is 7.49. The number of nitrogens with zero attached hydrogens (tertiary/aromatic N) is 3. The fraction of sp³-hybridized carbons (Fsp3) is 0.235. The van der Waals surface area contributed by atoms with E-state index in [4.69, 9.17) is 17.0 Å². The van der Waals surface area contributed by atoms with Crippen molar-refractivity contribution in [2.75, 3.05) is 6.61 Å². The summed E-state index contributed by atoms with van der Waals surface area (Å²) in [7, 11) is 0. The first-order valence-corrected chi connectivity index (χ1v) is 8.72. The highest BCUT2D eigenvalue weighted by Gasteiger charge is 2.11. The SMILES string of the molecule is C=CCn1c(=S)sc2c(=O)n(CCOc3ccc(C)cc3)cnc21. The minimum absolute atomic E-state index is 0.0913. The predicted molar refractivity (Wildman–Crippen MR) is 99.6 cm³/mol. The largest absolute Gasteiger partial charge is 0.492 e. The third-order valence-corrected chi connectivity index (χ3v) is 5.00. The molecule has 0 aliphatic heterocycles. The highest BCUT2D eigenvalue weighted by molar-refractivity contribution is 7.73. The van der Waals surface area contributed by atoms with Gasteiger partial charge in [-0.2, -0.15) is 0 Å². The van der Waals surface area contributed by atoms with Gasteiger partial charge >= 0.3 is 0 Å². The van der Waals surface area contributed by atoms with Crippen LogP contribution >= 0.6 is 23.6 Å². The molecule has 0 spiro atoms. The van der Waals surface area contributed by atoms with Crippen molar-refractivity contribution in [3.05, 3.63) is 63.1 Å². The summed E-state index contributed by atoms with van der Waals surface area (Å²) in [5.41, 5.74) is 1.70. The predicted octanol–water partition coefficient (Wildman–Crippen LogP) is 3.56. The number of fused-ring (bicyclic) bond motifs is 1. The van der Waals surface area contributed by atoms with Crippen LogP contribution in [0.5, 0.6) is 5.75 Å². The van der Waals surface area contributed by atoms with Gasteiger partial charge in [-0.3, -0.25) is 9.36 Å². The molecular weight excluding hydrogens is 342 g/mol. The van der Waals surface area contributed by atoms with Crippen molar-refractivity contribution in [2.24, 2.45) is 0 Å². The lowest BCUT2D eigenvalue weighted by Crippen LogP contribution is -2.23. The highest BCUT2D eigenvalue weighted by Crippen LogP contribution is 2.17. The average molecular weight is 359 g/mol. The molecule has 3 rings (SSSR count). The van der Waals surface area contributed by atoms with E-state index in [-0.39, 0.29) is 5.56 Å². The standard InChI is InChI=1S/C17H17N3O2S2/c1-3-8-20-15-14(24-17(20)23)16(21)19(11-18-15)9-10-22-13-6-4-12(2)5-7-13/h3-7,11H,1,8-10H2,2H3. The van der Waals surface area contributed by atoms with Gasteiger partial charge in [0, 0.05) is 6.54 Å². The molecule has 0 saturated carbocycles. The summed E-state index contributed by atoms with van der Waals surface area (Å²) in [5, 5.41) is 0. The lowest BCUT2D eigenvalue weighted by atomic mass is 10.2. The van der Waals surface area contributed by atoms with Crippen LogP contribution in [0, 0.1) is 10.9 Å². The van der Waals surface area contributed by atoms with Gasteiger partial charge < -0.3 is 9.30 Å². The fourth-order valence-electron chi connectivity index (χ4n) is 2.32. The third-order valence-electron chi connectivity index (χ3n) is 3.58. The summed E-state index contributed by atoms with van der Waals surface area (Å²) in [6, 6.07) is 7.81. The van der Waals surface area contributed by atoms with Crippen LogP contribution in [0.2, 0.25) is 0 Å². The van der Waals surface area contributed by atoms with E-state index in [0.29, 0.717) is 34.0 Å². The van der Waals surface area contributed by atoms with E-state index in [1.165, 1.54) is 16.9 Å². The Morgan fingerprint density at radius 2 is 2.12 bits per heavy atom. The van der Waals surface area contributed by atoms with E-state index < -0.39 is 0 Å². The van der Waals surface area contributed by atoms with Crippen molar-refractivity contribution in [1.29, 1.82) is 0 Å². The number of aryl methyl sites for hydroxylation is 1. The molecule has 2 heterocycles. The van der Waals surface area contributed by atoms with Crippen LogP contribution in [0.3, 0.4) is 0 Å². The Labute approximate surface area is 148 Å². The molecule has 24 heavy (non-hydrogen) atoms. The Hall–Kier alpha value is -2.25. The van der Waals surface area contributed by atoms with Crippen LogP contribution in [0.15, 0.2) is 48.0 Å². The number of benzene rings is 1. The van der Waals surface area contributed by atoms with Crippen LogP contribution in [-0.4, -0.2) is 20.7 Å². The second-order valence-electron chi connectivity index (χ2n) is 5.32. The fourth-order valence-corrected chi connectivity index (χ4v) is 3.63. The second-order valence-corrected chi connectivity index (χ2v) is 6.97. The molecule has 124 valence electrons. The first kappa shape index (κ1) is 16.6. The smallest absolute Gasteiger partial charge is 0.273 e. The van der Waals surface area contributed by atoms with Gasteiger partial charge in [-0.25, -0.2) is 4.98 Å². The molecule has 0 aliphatic carbocycles. The zero-order valence-electron chi connectivity index (χ0n) is 13.3. The minimum atomic E-state index is -0.0913. The topological polar surface area (TPSA) is 49.0 Å². The van der Waals surface area contributed by atoms with Gasteiger partial charge in [-0.15, -0.1) is 6.58 Å². The Morgan fingerprint density at radius 1 is 1.38 bits per heavy atom. The molecule has 0 unspecified atom stereocenters. The van der Waals surface area contributed by atoms with Gasteiger partial charge in [0.15, 0.2) is 9.60 Å². The van der Waals surface area contributed by atoms with E-state index in [2.05, 4.69) is 11.6 Å². The van der Waals surface area contributed by atoms with Crippen LogP contribution < -0.4 is 10.3 Å². The highest BCUT2D eigenvalue weighted by atomic mass is 32.1. The molecule has 0 bridgehead atoms. The van der Waals surface area contributed by atoms with E-state index >= 15 is 0 Å². The van der Waals surface area contributed by atoms with Gasteiger partial charge in [-0.05, 0) is 31.3 Å². The van der Waals surface area contributed by atoms with Crippen LogP contribution in [0.1, 0.15) is 5.56 Å². The Balaban J connectivity index is 1.79. The van der Waals surface area contributed by atoms with E-state index in [1.54, 1.807) is 17.0 Å². The molecule has 0 saturated heterocycles. The lowest BCUT2D eigenvalue weighted by Gasteiger charge is -2.08. The van der Waals surface area contributed by atoms with E-state index in [0.717, 1.165) is 5.75 Å². The maximum Gasteiger partial charge on any atom is 0.273 e. The molecule has 1 aromatic carbocycles. The molecule has 3 aromatic rings. The molecule has 7 heteroatoms. The molecule has 5 nitrogen and oxygen atoms in total. The average Bonchev–Trinajstić information content (AvgIpc) is 2.89. The molecule has 0 fully saturated rings. The Morgan fingerprint density at radius 3 is 2.83 bits per heavy atom. The number of rotatable bonds is 6. The summed E-state index contributed by atoms with van der Waals surface area (Å²) in [6.45, 7) is 7.11. The van der Waals surface area contributed by atoms with Crippen LogP contribution in [0.4, 0.5) is 0 Å². The molecule has 0 atom stereocenters. The molecule has 0 aliphatic rings. The van der Waals surface area contributed by atoms with Gasteiger partial charge in [-0.1, -0.05) is 35.1 Å². The third kappa shape index (κ3) is 3.32. The Kier molecular flexibility index (Phi) is 4.92. The first-order chi connectivity index (χ1) is 11.6. The zero-order valence-corrected chi connectivity index (χ0v) is 14.9. The van der Waals surface area contributed by atoms with Gasteiger partial charge in [0.05, 0.1) is 6.54 Å². The van der Waals surface area contributed by atoms with Gasteiger partial charge in [0.1, 0.15) is 23.4 Å². The monoisotopic (exact) mass is 359 g/mol. The second kappa shape index (κ2) is 7.11. The summed E-state index contributed by atoms with van der Waals surface area (Å²) < 4.78 is 10.2. The maximum absolute atomic E-state index is 12.6. The van der Waals surface area contributed by atoms with Crippen molar-refractivity contribution in [1.82, 2.24) is 14.1 Å². The van der Waals surface area contributed by atoms with Crippen molar-refractivity contribution in [3.63, 3.8) is 0 Å². The summed E-state index contributed by atoms with van der Waals surface area (Å²) in [5.74, 6) is 0.787. The van der Waals surface area contributed by atoms with Crippen molar-refractivity contribution in [3.8, 4) is 5.75 Å².